The highest BCUT2D eigenvalue weighted by Crippen LogP contribution is 2.31. The Bertz CT molecular complexity index is 785. The number of aromatic nitrogens is 1. The molecule has 0 spiro atoms. The molecular weight excluding hydrogens is 344 g/mol. The van der Waals surface area contributed by atoms with Crippen LogP contribution in [-0.4, -0.2) is 46.9 Å². The first-order valence-corrected chi connectivity index (χ1v) is 9.71. The van der Waals surface area contributed by atoms with Crippen molar-refractivity contribution in [3.05, 3.63) is 35.5 Å². The highest BCUT2D eigenvalue weighted by atomic mass is 16.6. The average molecular weight is 372 g/mol. The molecule has 0 radical (unpaired) electrons. The van der Waals surface area contributed by atoms with Gasteiger partial charge in [0, 0.05) is 24.0 Å². The molecule has 0 aliphatic carbocycles. The number of hydrogen-bond acceptors (Lipinski definition) is 5. The van der Waals surface area contributed by atoms with Crippen LogP contribution in [0.5, 0.6) is 5.75 Å². The van der Waals surface area contributed by atoms with E-state index >= 15 is 0 Å². The Kier molecular flexibility index (Phi) is 6.50. The minimum absolute atomic E-state index is 0.110. The standard InChI is InChI=1S/C21H28N2O4/c1-3-4-13-26-20-15(2)19(22-18-8-6-5-7-17(18)20)14-27-21(25)23-11-9-16(24)10-12-23/h5-8,16,24H,3-4,9-14H2,1-2H3. The zero-order chi connectivity index (χ0) is 19.2. The summed E-state index contributed by atoms with van der Waals surface area (Å²) in [5, 5.41) is 10.5. The maximum Gasteiger partial charge on any atom is 0.410 e. The van der Waals surface area contributed by atoms with Crippen LogP contribution in [0.25, 0.3) is 10.9 Å². The second kappa shape index (κ2) is 9.04. The molecule has 6 nitrogen and oxygen atoms in total. The van der Waals surface area contributed by atoms with Gasteiger partial charge in [0.1, 0.15) is 12.4 Å². The average Bonchev–Trinajstić information content (AvgIpc) is 2.68. The van der Waals surface area contributed by atoms with Crippen molar-refractivity contribution in [2.45, 2.75) is 52.2 Å². The van der Waals surface area contributed by atoms with Crippen LogP contribution in [0.3, 0.4) is 0 Å². The Morgan fingerprint density at radius 1 is 1.30 bits per heavy atom. The molecule has 1 saturated heterocycles. The van der Waals surface area contributed by atoms with Crippen LogP contribution in [-0.2, 0) is 11.3 Å². The molecule has 1 amide bonds. The number of unbranched alkanes of at least 4 members (excludes halogenated alkanes) is 1. The topological polar surface area (TPSA) is 71.9 Å². The number of nitrogens with zero attached hydrogens (tertiary/aromatic N) is 2. The molecule has 0 atom stereocenters. The third-order valence-electron chi connectivity index (χ3n) is 4.98. The van der Waals surface area contributed by atoms with E-state index in [0.29, 0.717) is 38.2 Å². The summed E-state index contributed by atoms with van der Waals surface area (Å²) in [5.41, 5.74) is 2.46. The maximum absolute atomic E-state index is 12.3. The largest absolute Gasteiger partial charge is 0.493 e. The van der Waals surface area contributed by atoms with Crippen molar-refractivity contribution in [2.75, 3.05) is 19.7 Å². The molecular formula is C21H28N2O4. The molecule has 3 rings (SSSR count). The van der Waals surface area contributed by atoms with Gasteiger partial charge in [-0.15, -0.1) is 0 Å². The van der Waals surface area contributed by atoms with E-state index in [1.807, 2.05) is 31.2 Å². The van der Waals surface area contributed by atoms with Crippen LogP contribution in [0.2, 0.25) is 0 Å². The van der Waals surface area contributed by atoms with Gasteiger partial charge < -0.3 is 19.5 Å². The highest BCUT2D eigenvalue weighted by molar-refractivity contribution is 5.86. The number of piperidine rings is 1. The molecule has 2 aromatic rings. The van der Waals surface area contributed by atoms with Crippen LogP contribution < -0.4 is 4.74 Å². The molecule has 1 aromatic heterocycles. The SMILES string of the molecule is CCCCOc1c(C)c(COC(=O)N2CCC(O)CC2)nc2ccccc12. The number of carbonyl (C=O) groups is 1. The Morgan fingerprint density at radius 3 is 2.78 bits per heavy atom. The first-order chi connectivity index (χ1) is 13.1. The zero-order valence-electron chi connectivity index (χ0n) is 16.1. The highest BCUT2D eigenvalue weighted by Gasteiger charge is 2.23. The van der Waals surface area contributed by atoms with E-state index in [2.05, 4.69) is 11.9 Å². The molecule has 2 heterocycles. The number of pyridine rings is 1. The van der Waals surface area contributed by atoms with Gasteiger partial charge in [0.25, 0.3) is 0 Å². The summed E-state index contributed by atoms with van der Waals surface area (Å²) in [7, 11) is 0. The summed E-state index contributed by atoms with van der Waals surface area (Å²) in [4.78, 5) is 18.6. The molecule has 1 N–H and O–H groups in total. The van der Waals surface area contributed by atoms with Crippen LogP contribution in [0, 0.1) is 6.92 Å². The molecule has 6 heteroatoms. The lowest BCUT2D eigenvalue weighted by molar-refractivity contribution is 0.0554. The minimum Gasteiger partial charge on any atom is -0.493 e. The lowest BCUT2D eigenvalue weighted by Gasteiger charge is -2.28. The third-order valence-corrected chi connectivity index (χ3v) is 4.98. The van der Waals surface area contributed by atoms with E-state index in [-0.39, 0.29) is 18.8 Å². The Hall–Kier alpha value is -2.34. The van der Waals surface area contributed by atoms with Gasteiger partial charge in [-0.3, -0.25) is 0 Å². The number of rotatable bonds is 6. The van der Waals surface area contributed by atoms with Crippen LogP contribution in [0.4, 0.5) is 4.79 Å². The molecule has 1 aliphatic heterocycles. The second-order valence-corrected chi connectivity index (χ2v) is 7.00. The summed E-state index contributed by atoms with van der Waals surface area (Å²) >= 11 is 0. The molecule has 1 aliphatic rings. The summed E-state index contributed by atoms with van der Waals surface area (Å²) < 4.78 is 11.5. The van der Waals surface area contributed by atoms with E-state index in [1.165, 1.54) is 0 Å². The van der Waals surface area contributed by atoms with Gasteiger partial charge in [-0.1, -0.05) is 25.5 Å². The number of hydrogen-bond donors (Lipinski definition) is 1. The number of amides is 1. The normalized spacial score (nSPS) is 15.1. The monoisotopic (exact) mass is 372 g/mol. The van der Waals surface area contributed by atoms with Gasteiger partial charge in [0.05, 0.1) is 23.9 Å². The molecule has 1 fully saturated rings. The number of aliphatic hydroxyl groups excluding tert-OH is 1. The van der Waals surface area contributed by atoms with Gasteiger partial charge in [-0.2, -0.15) is 0 Å². The van der Waals surface area contributed by atoms with E-state index in [0.717, 1.165) is 35.1 Å². The number of carbonyl (C=O) groups excluding carboxylic acids is 1. The van der Waals surface area contributed by atoms with Crippen LogP contribution >= 0.6 is 0 Å². The Labute approximate surface area is 160 Å². The van der Waals surface area contributed by atoms with Gasteiger partial charge in [0.15, 0.2) is 0 Å². The lowest BCUT2D eigenvalue weighted by Crippen LogP contribution is -2.40. The van der Waals surface area contributed by atoms with Crippen molar-refractivity contribution < 1.29 is 19.4 Å². The molecule has 1 aromatic carbocycles. The third kappa shape index (κ3) is 4.69. The number of fused-ring (bicyclic) bond motifs is 1. The van der Waals surface area contributed by atoms with Crippen LogP contribution in [0.15, 0.2) is 24.3 Å². The van der Waals surface area contributed by atoms with Crippen LogP contribution in [0.1, 0.15) is 43.9 Å². The van der Waals surface area contributed by atoms with E-state index in [4.69, 9.17) is 9.47 Å². The number of benzene rings is 1. The molecule has 146 valence electrons. The summed E-state index contributed by atoms with van der Waals surface area (Å²) in [6.07, 6.45) is 2.57. The van der Waals surface area contributed by atoms with Gasteiger partial charge in [-0.05, 0) is 38.3 Å². The number of likely N-dealkylation sites (tertiary alicyclic amines) is 1. The van der Waals surface area contributed by atoms with Crippen molar-refractivity contribution in [3.8, 4) is 5.75 Å². The van der Waals surface area contributed by atoms with Crippen molar-refractivity contribution >= 4 is 17.0 Å². The van der Waals surface area contributed by atoms with Crippen molar-refractivity contribution in [3.63, 3.8) is 0 Å². The second-order valence-electron chi connectivity index (χ2n) is 7.00. The predicted octanol–water partition coefficient (Wildman–Crippen LogP) is 3.82. The van der Waals surface area contributed by atoms with E-state index in [9.17, 15) is 9.90 Å². The quantitative estimate of drug-likeness (QED) is 0.781. The fraction of sp³-hybridized carbons (Fsp3) is 0.524. The molecule has 0 bridgehead atoms. The van der Waals surface area contributed by atoms with Crippen molar-refractivity contribution in [1.82, 2.24) is 9.88 Å². The fourth-order valence-electron chi connectivity index (χ4n) is 3.24. The summed E-state index contributed by atoms with van der Waals surface area (Å²) in [6, 6.07) is 7.86. The smallest absolute Gasteiger partial charge is 0.410 e. The predicted molar refractivity (Wildman–Crippen MR) is 104 cm³/mol. The fourth-order valence-corrected chi connectivity index (χ4v) is 3.24. The minimum atomic E-state index is -0.357. The number of ether oxygens (including phenoxy) is 2. The van der Waals surface area contributed by atoms with Crippen molar-refractivity contribution in [1.29, 1.82) is 0 Å². The molecule has 27 heavy (non-hydrogen) atoms. The van der Waals surface area contributed by atoms with E-state index < -0.39 is 0 Å². The molecule has 0 saturated carbocycles. The van der Waals surface area contributed by atoms with Gasteiger partial charge in [0.2, 0.25) is 0 Å². The van der Waals surface area contributed by atoms with Gasteiger partial charge >= 0.3 is 6.09 Å². The summed E-state index contributed by atoms with van der Waals surface area (Å²) in [6.45, 7) is 5.90. The Morgan fingerprint density at radius 2 is 2.04 bits per heavy atom. The number of aliphatic hydroxyl groups is 1. The Balaban J connectivity index is 1.75. The number of para-hydroxylation sites is 1. The molecule has 0 unspecified atom stereocenters. The first kappa shape index (κ1) is 19.4. The van der Waals surface area contributed by atoms with Gasteiger partial charge in [-0.25, -0.2) is 9.78 Å². The zero-order valence-corrected chi connectivity index (χ0v) is 16.1. The lowest BCUT2D eigenvalue weighted by atomic mass is 10.1. The summed E-state index contributed by atoms with van der Waals surface area (Å²) in [5.74, 6) is 0.821. The van der Waals surface area contributed by atoms with E-state index in [1.54, 1.807) is 4.90 Å². The van der Waals surface area contributed by atoms with Crippen molar-refractivity contribution in [2.24, 2.45) is 0 Å². The first-order valence-electron chi connectivity index (χ1n) is 9.71. The maximum atomic E-state index is 12.3.